The molecule has 6 heteroatoms. The number of hydrogen-bond acceptors (Lipinski definition) is 3. The minimum atomic E-state index is -4.34. The Bertz CT molecular complexity index is 380. The zero-order valence-corrected chi connectivity index (χ0v) is 11.4. The van der Waals surface area contributed by atoms with Gasteiger partial charge in [-0.3, -0.25) is 4.98 Å². The van der Waals surface area contributed by atoms with Crippen LogP contribution in [0.25, 0.3) is 0 Å². The van der Waals surface area contributed by atoms with E-state index >= 15 is 0 Å². The first-order valence-corrected chi connectivity index (χ1v) is 6.71. The Morgan fingerprint density at radius 1 is 1.39 bits per heavy atom. The Labute approximate surface area is 109 Å². The third kappa shape index (κ3) is 4.17. The van der Waals surface area contributed by atoms with Gasteiger partial charge >= 0.3 is 6.18 Å². The van der Waals surface area contributed by atoms with Crippen molar-refractivity contribution >= 4 is 11.8 Å². The molecule has 1 rings (SSSR count). The highest BCUT2D eigenvalue weighted by Crippen LogP contribution is 2.35. The van der Waals surface area contributed by atoms with Gasteiger partial charge in [-0.1, -0.05) is 13.8 Å². The lowest BCUT2D eigenvalue weighted by Gasteiger charge is -2.21. The Balaban J connectivity index is 2.98. The van der Waals surface area contributed by atoms with Gasteiger partial charge in [0.2, 0.25) is 0 Å². The number of pyridine rings is 1. The van der Waals surface area contributed by atoms with Crippen LogP contribution in [0, 0.1) is 0 Å². The first kappa shape index (κ1) is 15.3. The standard InChI is InChI=1S/C12H17F3N2S/c1-8(2)18-7-11(16-3)9-6-17-5-4-10(9)12(13,14)15/h4-6,8,11,16H,7H2,1-3H3. The van der Waals surface area contributed by atoms with E-state index in [2.05, 4.69) is 10.3 Å². The van der Waals surface area contributed by atoms with Crippen LogP contribution in [0.15, 0.2) is 18.5 Å². The average molecular weight is 278 g/mol. The summed E-state index contributed by atoms with van der Waals surface area (Å²) in [4.78, 5) is 3.81. The summed E-state index contributed by atoms with van der Waals surface area (Å²) in [5.41, 5.74) is -0.401. The molecule has 0 aliphatic heterocycles. The Morgan fingerprint density at radius 3 is 2.56 bits per heavy atom. The largest absolute Gasteiger partial charge is 0.416 e. The fraction of sp³-hybridized carbons (Fsp3) is 0.583. The number of thioether (sulfide) groups is 1. The van der Waals surface area contributed by atoms with Crippen molar-refractivity contribution in [2.75, 3.05) is 12.8 Å². The minimum Gasteiger partial charge on any atom is -0.312 e. The molecule has 102 valence electrons. The molecule has 1 aromatic rings. The van der Waals surface area contributed by atoms with Gasteiger partial charge in [-0.15, -0.1) is 0 Å². The monoisotopic (exact) mass is 278 g/mol. The molecule has 0 aromatic carbocycles. The summed E-state index contributed by atoms with van der Waals surface area (Å²) in [6.07, 6.45) is -1.87. The van der Waals surface area contributed by atoms with E-state index in [1.54, 1.807) is 18.8 Å². The van der Waals surface area contributed by atoms with Crippen LogP contribution in [0.1, 0.15) is 31.0 Å². The van der Waals surface area contributed by atoms with Gasteiger partial charge in [0.15, 0.2) is 0 Å². The van der Waals surface area contributed by atoms with Crippen molar-refractivity contribution in [3.05, 3.63) is 29.6 Å². The van der Waals surface area contributed by atoms with Gasteiger partial charge in [-0.2, -0.15) is 24.9 Å². The molecule has 1 aromatic heterocycles. The Morgan fingerprint density at radius 2 is 2.06 bits per heavy atom. The highest BCUT2D eigenvalue weighted by Gasteiger charge is 2.35. The zero-order chi connectivity index (χ0) is 13.8. The zero-order valence-electron chi connectivity index (χ0n) is 10.6. The maximum Gasteiger partial charge on any atom is 0.416 e. The number of aromatic nitrogens is 1. The minimum absolute atomic E-state index is 0.209. The molecule has 1 atom stereocenters. The van der Waals surface area contributed by atoms with E-state index in [9.17, 15) is 13.2 Å². The highest BCUT2D eigenvalue weighted by molar-refractivity contribution is 7.99. The summed E-state index contributed by atoms with van der Waals surface area (Å²) in [5.74, 6) is 0.586. The Hall–Kier alpha value is -0.750. The number of nitrogens with one attached hydrogen (secondary N) is 1. The normalized spacial score (nSPS) is 13.9. The molecular weight excluding hydrogens is 261 g/mol. The second-order valence-electron chi connectivity index (χ2n) is 4.18. The molecule has 0 saturated carbocycles. The van der Waals surface area contributed by atoms with Crippen LogP contribution in [-0.4, -0.2) is 23.0 Å². The lowest BCUT2D eigenvalue weighted by molar-refractivity contribution is -0.138. The third-order valence-electron chi connectivity index (χ3n) is 2.48. The summed E-state index contributed by atoms with van der Waals surface area (Å²) < 4.78 is 38.6. The van der Waals surface area contributed by atoms with Crippen LogP contribution in [0.2, 0.25) is 0 Å². The van der Waals surface area contributed by atoms with E-state index in [1.165, 1.54) is 12.4 Å². The maximum atomic E-state index is 12.9. The molecule has 0 amide bonds. The Kier molecular flexibility index (Phi) is 5.47. The van der Waals surface area contributed by atoms with Crippen molar-refractivity contribution in [2.45, 2.75) is 31.3 Å². The lowest BCUT2D eigenvalue weighted by Crippen LogP contribution is -2.23. The average Bonchev–Trinajstić information content (AvgIpc) is 2.29. The van der Waals surface area contributed by atoms with E-state index in [0.29, 0.717) is 11.0 Å². The van der Waals surface area contributed by atoms with Crippen molar-refractivity contribution in [2.24, 2.45) is 0 Å². The topological polar surface area (TPSA) is 24.9 Å². The van der Waals surface area contributed by atoms with Gasteiger partial charge in [-0.25, -0.2) is 0 Å². The molecule has 1 heterocycles. The van der Waals surface area contributed by atoms with Crippen LogP contribution >= 0.6 is 11.8 Å². The molecule has 0 radical (unpaired) electrons. The summed E-state index contributed by atoms with van der Waals surface area (Å²) in [6.45, 7) is 4.04. The van der Waals surface area contributed by atoms with Crippen LogP contribution in [0.3, 0.4) is 0 Å². The van der Waals surface area contributed by atoms with Gasteiger partial charge in [0.1, 0.15) is 0 Å². The second-order valence-corrected chi connectivity index (χ2v) is 5.79. The van der Waals surface area contributed by atoms with E-state index in [0.717, 1.165) is 6.07 Å². The van der Waals surface area contributed by atoms with Crippen molar-refractivity contribution < 1.29 is 13.2 Å². The number of hydrogen-bond donors (Lipinski definition) is 1. The molecule has 0 aliphatic carbocycles. The van der Waals surface area contributed by atoms with Crippen molar-refractivity contribution in [1.29, 1.82) is 0 Å². The SMILES string of the molecule is CNC(CSC(C)C)c1cnccc1C(F)(F)F. The van der Waals surface area contributed by atoms with Gasteiger partial charge < -0.3 is 5.32 Å². The molecule has 0 spiro atoms. The van der Waals surface area contributed by atoms with Gasteiger partial charge in [0, 0.05) is 29.8 Å². The van der Waals surface area contributed by atoms with Crippen LogP contribution in [0.5, 0.6) is 0 Å². The molecule has 18 heavy (non-hydrogen) atoms. The van der Waals surface area contributed by atoms with E-state index < -0.39 is 11.7 Å². The molecular formula is C12H17F3N2S. The van der Waals surface area contributed by atoms with Crippen molar-refractivity contribution in [3.63, 3.8) is 0 Å². The predicted octanol–water partition coefficient (Wildman–Crippen LogP) is 3.50. The summed E-state index contributed by atoms with van der Waals surface area (Å²) >= 11 is 1.62. The number of halogens is 3. The van der Waals surface area contributed by atoms with Gasteiger partial charge in [0.05, 0.1) is 5.56 Å². The van der Waals surface area contributed by atoms with Crippen molar-refractivity contribution in [3.8, 4) is 0 Å². The van der Waals surface area contributed by atoms with E-state index in [-0.39, 0.29) is 11.6 Å². The summed E-state index contributed by atoms with van der Waals surface area (Å²) in [7, 11) is 1.67. The molecule has 0 fully saturated rings. The first-order valence-electron chi connectivity index (χ1n) is 5.66. The molecule has 2 nitrogen and oxygen atoms in total. The summed E-state index contributed by atoms with van der Waals surface area (Å²) in [6, 6.07) is 0.683. The first-order chi connectivity index (χ1) is 8.36. The fourth-order valence-electron chi connectivity index (χ4n) is 1.56. The second kappa shape index (κ2) is 6.43. The van der Waals surface area contributed by atoms with Crippen molar-refractivity contribution in [1.82, 2.24) is 10.3 Å². The molecule has 0 aliphatic rings. The van der Waals surface area contributed by atoms with Gasteiger partial charge in [0.25, 0.3) is 0 Å². The molecule has 0 bridgehead atoms. The molecule has 1 unspecified atom stereocenters. The lowest BCUT2D eigenvalue weighted by atomic mass is 10.0. The number of rotatable bonds is 5. The quantitative estimate of drug-likeness (QED) is 0.892. The van der Waals surface area contributed by atoms with Crippen LogP contribution < -0.4 is 5.32 Å². The maximum absolute atomic E-state index is 12.9. The van der Waals surface area contributed by atoms with Crippen LogP contribution in [-0.2, 0) is 6.18 Å². The predicted molar refractivity (Wildman–Crippen MR) is 68.6 cm³/mol. The molecule has 1 N–H and O–H groups in total. The summed E-state index contributed by atoms with van der Waals surface area (Å²) in [5, 5.41) is 3.31. The molecule has 0 saturated heterocycles. The van der Waals surface area contributed by atoms with E-state index in [4.69, 9.17) is 0 Å². The van der Waals surface area contributed by atoms with Crippen LogP contribution in [0.4, 0.5) is 13.2 Å². The number of nitrogens with zero attached hydrogens (tertiary/aromatic N) is 1. The highest BCUT2D eigenvalue weighted by atomic mass is 32.2. The van der Waals surface area contributed by atoms with E-state index in [1.807, 2.05) is 13.8 Å². The number of alkyl halides is 3. The fourth-order valence-corrected chi connectivity index (χ4v) is 2.48. The third-order valence-corrected chi connectivity index (χ3v) is 3.67. The van der Waals surface area contributed by atoms with Gasteiger partial charge in [-0.05, 0) is 18.4 Å². The smallest absolute Gasteiger partial charge is 0.312 e.